The number of aryl methyl sites for hydroxylation is 1. The van der Waals surface area contributed by atoms with Gasteiger partial charge in [-0.2, -0.15) is 0 Å². The van der Waals surface area contributed by atoms with E-state index in [1.54, 1.807) is 25.1 Å². The third-order valence-corrected chi connectivity index (χ3v) is 7.94. The molecule has 0 spiro atoms. The van der Waals surface area contributed by atoms with Gasteiger partial charge in [0.05, 0.1) is 22.8 Å². The Morgan fingerprint density at radius 3 is 2.67 bits per heavy atom. The zero-order valence-electron chi connectivity index (χ0n) is 22.5. The zero-order valence-corrected chi connectivity index (χ0v) is 23.2. The van der Waals surface area contributed by atoms with Crippen LogP contribution in [0.1, 0.15) is 77.3 Å². The lowest BCUT2D eigenvalue weighted by atomic mass is 9.79. The van der Waals surface area contributed by atoms with E-state index in [4.69, 9.17) is 16.1 Å². The predicted molar refractivity (Wildman–Crippen MR) is 150 cm³/mol. The van der Waals surface area contributed by atoms with E-state index < -0.39 is 11.9 Å². The monoisotopic (exact) mass is 566 g/mol. The fourth-order valence-corrected chi connectivity index (χ4v) is 5.48. The number of carbonyl (C=O) groups is 2. The van der Waals surface area contributed by atoms with Crippen LogP contribution in [0.2, 0.25) is 0 Å². The number of rotatable bonds is 9. The van der Waals surface area contributed by atoms with Crippen LogP contribution >= 0.6 is 11.6 Å². The molecular weight excluding hydrogens is 535 g/mol. The molecule has 0 aliphatic heterocycles. The van der Waals surface area contributed by atoms with E-state index in [9.17, 15) is 9.59 Å². The van der Waals surface area contributed by atoms with Crippen molar-refractivity contribution in [3.63, 3.8) is 0 Å². The molecule has 1 atom stereocenters. The summed E-state index contributed by atoms with van der Waals surface area (Å²) in [5.74, 6) is 0.441. The van der Waals surface area contributed by atoms with Gasteiger partial charge in [-0.25, -0.2) is 9.37 Å². The normalized spacial score (nSPS) is 18.0. The van der Waals surface area contributed by atoms with Crippen molar-refractivity contribution in [2.75, 3.05) is 12.4 Å². The largest absolute Gasteiger partial charge is 0.364 e. The van der Waals surface area contributed by atoms with Crippen LogP contribution in [-0.4, -0.2) is 44.3 Å². The highest BCUT2D eigenvalue weighted by Crippen LogP contribution is 2.38. The molecule has 1 fully saturated rings. The standard InChI is InChI=1S/C29H32ClFN6O3/c1-16-4-6-18(7-5-16)25(36-29(39)22-15-40-37-17(22)2)27-34-23-9-8-19(24(31)26(23)35-27)21-14-32-13-10-20(21)28(38)33-12-3-11-30/h8-10,13-16,18,25H,3-7,11-12H2,1-2H3,(H,33,38)(H,34,35)(H,36,39)/t16-,18-,25-/m0/s1. The Balaban J connectivity index is 1.50. The first kappa shape index (κ1) is 27.8. The quantitative estimate of drug-likeness (QED) is 0.176. The summed E-state index contributed by atoms with van der Waals surface area (Å²) in [5, 5.41) is 9.74. The van der Waals surface area contributed by atoms with Crippen LogP contribution in [0.4, 0.5) is 4.39 Å². The van der Waals surface area contributed by atoms with Gasteiger partial charge < -0.3 is 20.1 Å². The number of alkyl halides is 1. The SMILES string of the molecule is Cc1nocc1C(=O)N[C@H](c1nc2c(F)c(-c3cnccc3C(=O)NCCCCl)ccc2[nH]1)[C@H]1CC[C@H](C)CC1. The summed E-state index contributed by atoms with van der Waals surface area (Å²) in [6.07, 6.45) is 8.83. The van der Waals surface area contributed by atoms with Crippen LogP contribution in [0, 0.1) is 24.6 Å². The maximum absolute atomic E-state index is 16.0. The van der Waals surface area contributed by atoms with E-state index in [1.165, 1.54) is 18.7 Å². The van der Waals surface area contributed by atoms with Crippen LogP contribution in [0.25, 0.3) is 22.2 Å². The smallest absolute Gasteiger partial charge is 0.257 e. The Labute approximate surface area is 236 Å². The molecule has 1 aromatic carbocycles. The molecule has 9 nitrogen and oxygen atoms in total. The average molecular weight is 567 g/mol. The number of benzene rings is 1. The highest BCUT2D eigenvalue weighted by molar-refractivity contribution is 6.17. The summed E-state index contributed by atoms with van der Waals surface area (Å²) in [4.78, 5) is 38.0. The molecule has 3 aromatic heterocycles. The predicted octanol–water partition coefficient (Wildman–Crippen LogP) is 5.72. The fourth-order valence-electron chi connectivity index (χ4n) is 5.35. The van der Waals surface area contributed by atoms with Crippen molar-refractivity contribution < 1.29 is 18.5 Å². The molecule has 5 rings (SSSR count). The Hall–Kier alpha value is -3.79. The van der Waals surface area contributed by atoms with Crippen molar-refractivity contribution in [3.05, 3.63) is 65.3 Å². The fraction of sp³-hybridized carbons (Fsp3) is 0.414. The van der Waals surface area contributed by atoms with E-state index in [0.29, 0.717) is 58.5 Å². The zero-order chi connectivity index (χ0) is 28.2. The molecule has 1 aliphatic rings. The third-order valence-electron chi connectivity index (χ3n) is 7.67. The van der Waals surface area contributed by atoms with Crippen molar-refractivity contribution in [1.82, 2.24) is 30.7 Å². The van der Waals surface area contributed by atoms with E-state index in [0.717, 1.165) is 25.7 Å². The molecule has 0 saturated heterocycles. The lowest BCUT2D eigenvalue weighted by molar-refractivity contribution is 0.0902. The number of aromatic nitrogens is 4. The third kappa shape index (κ3) is 5.72. The molecule has 4 aromatic rings. The lowest BCUT2D eigenvalue weighted by Gasteiger charge is -2.32. The molecule has 11 heteroatoms. The number of H-pyrrole nitrogens is 1. The topological polar surface area (TPSA) is 126 Å². The molecule has 3 heterocycles. The van der Waals surface area contributed by atoms with Crippen molar-refractivity contribution in [2.45, 2.75) is 52.0 Å². The summed E-state index contributed by atoms with van der Waals surface area (Å²) in [5.41, 5.74) is 2.37. The number of halogens is 2. The second kappa shape index (κ2) is 12.2. The van der Waals surface area contributed by atoms with Gasteiger partial charge in [-0.3, -0.25) is 14.6 Å². The van der Waals surface area contributed by atoms with Gasteiger partial charge in [0, 0.05) is 35.9 Å². The van der Waals surface area contributed by atoms with Crippen LogP contribution in [0.15, 0.2) is 41.4 Å². The number of fused-ring (bicyclic) bond motifs is 1. The molecule has 0 unspecified atom stereocenters. The number of hydrogen-bond donors (Lipinski definition) is 3. The number of hydrogen-bond acceptors (Lipinski definition) is 6. The molecule has 210 valence electrons. The molecule has 2 amide bonds. The van der Waals surface area contributed by atoms with Crippen LogP contribution in [0.3, 0.4) is 0 Å². The molecule has 40 heavy (non-hydrogen) atoms. The number of nitrogens with one attached hydrogen (secondary N) is 3. The van der Waals surface area contributed by atoms with Crippen molar-refractivity contribution >= 4 is 34.4 Å². The first-order valence-corrected chi connectivity index (χ1v) is 14.1. The number of carbonyl (C=O) groups excluding carboxylic acids is 2. The number of nitrogens with zero attached hydrogens (tertiary/aromatic N) is 3. The first-order valence-electron chi connectivity index (χ1n) is 13.6. The number of aromatic amines is 1. The van der Waals surface area contributed by atoms with Crippen LogP contribution < -0.4 is 10.6 Å². The second-order valence-corrected chi connectivity index (χ2v) is 10.8. The number of pyridine rings is 1. The lowest BCUT2D eigenvalue weighted by Crippen LogP contribution is -2.36. The van der Waals surface area contributed by atoms with Crippen LogP contribution in [-0.2, 0) is 0 Å². The summed E-state index contributed by atoms with van der Waals surface area (Å²) >= 11 is 5.72. The van der Waals surface area contributed by atoms with E-state index in [1.807, 2.05) is 0 Å². The molecule has 1 aliphatic carbocycles. The van der Waals surface area contributed by atoms with Gasteiger partial charge >= 0.3 is 0 Å². The molecular formula is C29H32ClFN6O3. The maximum atomic E-state index is 16.0. The number of amides is 2. The highest BCUT2D eigenvalue weighted by Gasteiger charge is 2.32. The minimum Gasteiger partial charge on any atom is -0.364 e. The summed E-state index contributed by atoms with van der Waals surface area (Å²) in [6, 6.07) is 4.46. The minimum atomic E-state index is -0.569. The summed E-state index contributed by atoms with van der Waals surface area (Å²) in [6.45, 7) is 4.35. The number of imidazole rings is 1. The van der Waals surface area contributed by atoms with Gasteiger partial charge in [-0.15, -0.1) is 11.6 Å². The van der Waals surface area contributed by atoms with Gasteiger partial charge in [0.25, 0.3) is 11.8 Å². The van der Waals surface area contributed by atoms with E-state index in [-0.39, 0.29) is 28.8 Å². The highest BCUT2D eigenvalue weighted by atomic mass is 35.5. The van der Waals surface area contributed by atoms with Gasteiger partial charge in [0.15, 0.2) is 5.82 Å². The first-order chi connectivity index (χ1) is 19.4. The Kier molecular flexibility index (Phi) is 8.44. The molecule has 0 radical (unpaired) electrons. The van der Waals surface area contributed by atoms with E-state index in [2.05, 4.69) is 37.7 Å². The summed E-state index contributed by atoms with van der Waals surface area (Å²) in [7, 11) is 0. The maximum Gasteiger partial charge on any atom is 0.257 e. The van der Waals surface area contributed by atoms with Gasteiger partial charge in [-0.1, -0.05) is 24.9 Å². The van der Waals surface area contributed by atoms with Crippen molar-refractivity contribution in [3.8, 4) is 11.1 Å². The second-order valence-electron chi connectivity index (χ2n) is 10.4. The minimum absolute atomic E-state index is 0.130. The summed E-state index contributed by atoms with van der Waals surface area (Å²) < 4.78 is 21.0. The van der Waals surface area contributed by atoms with Crippen molar-refractivity contribution in [1.29, 1.82) is 0 Å². The molecule has 1 saturated carbocycles. The van der Waals surface area contributed by atoms with Gasteiger partial charge in [0.1, 0.15) is 23.2 Å². The van der Waals surface area contributed by atoms with Gasteiger partial charge in [-0.05, 0) is 56.2 Å². The van der Waals surface area contributed by atoms with Crippen LogP contribution in [0.5, 0.6) is 0 Å². The Morgan fingerprint density at radius 2 is 1.95 bits per heavy atom. The Morgan fingerprint density at radius 1 is 1.15 bits per heavy atom. The molecule has 3 N–H and O–H groups in total. The van der Waals surface area contributed by atoms with Crippen molar-refractivity contribution in [2.24, 2.45) is 11.8 Å². The molecule has 0 bridgehead atoms. The van der Waals surface area contributed by atoms with Gasteiger partial charge in [0.2, 0.25) is 0 Å². The Bertz CT molecular complexity index is 1510. The van der Waals surface area contributed by atoms with E-state index >= 15 is 4.39 Å². The average Bonchev–Trinajstić information content (AvgIpc) is 3.59.